The first kappa shape index (κ1) is 10.6. The Morgan fingerprint density at radius 1 is 1.69 bits per heavy atom. The highest BCUT2D eigenvalue weighted by atomic mass is 16.4. The lowest BCUT2D eigenvalue weighted by Gasteiger charge is -2.09. The van der Waals surface area contributed by atoms with E-state index in [0.29, 0.717) is 11.2 Å². The van der Waals surface area contributed by atoms with Gasteiger partial charge in [-0.3, -0.25) is 4.79 Å². The zero-order chi connectivity index (χ0) is 11.7. The van der Waals surface area contributed by atoms with E-state index >= 15 is 0 Å². The molecule has 0 aromatic carbocycles. The first-order chi connectivity index (χ1) is 7.61. The molecule has 0 aliphatic rings. The van der Waals surface area contributed by atoms with Gasteiger partial charge in [-0.25, -0.2) is 9.50 Å². The van der Waals surface area contributed by atoms with Gasteiger partial charge in [0, 0.05) is 30.6 Å². The molecule has 2 rings (SSSR count). The van der Waals surface area contributed by atoms with Crippen LogP contribution in [0, 0.1) is 6.92 Å². The molecule has 0 radical (unpaired) electrons. The summed E-state index contributed by atoms with van der Waals surface area (Å²) in [4.78, 5) is 15.1. The Morgan fingerprint density at radius 2 is 2.44 bits per heavy atom. The first-order valence-electron chi connectivity index (χ1n) is 4.86. The maximum atomic E-state index is 10.9. The van der Waals surface area contributed by atoms with Crippen LogP contribution in [0.5, 0.6) is 0 Å². The molecular weight excluding hydrogens is 208 g/mol. The lowest BCUT2D eigenvalue weighted by Crippen LogP contribution is -2.21. The topological polar surface area (TPSA) is 93.5 Å². The molecule has 1 unspecified atom stereocenters. The minimum Gasteiger partial charge on any atom is -0.481 e. The van der Waals surface area contributed by atoms with E-state index in [-0.39, 0.29) is 6.54 Å². The van der Waals surface area contributed by atoms with E-state index in [0.717, 1.165) is 5.69 Å². The van der Waals surface area contributed by atoms with Crippen molar-refractivity contribution in [1.82, 2.24) is 14.6 Å². The maximum Gasteiger partial charge on any atom is 0.312 e. The zero-order valence-electron chi connectivity index (χ0n) is 8.79. The van der Waals surface area contributed by atoms with E-state index < -0.39 is 11.9 Å². The van der Waals surface area contributed by atoms with Crippen molar-refractivity contribution in [2.24, 2.45) is 5.73 Å². The first-order valence-corrected chi connectivity index (χ1v) is 4.86. The normalized spacial score (nSPS) is 12.9. The van der Waals surface area contributed by atoms with Crippen molar-refractivity contribution in [2.75, 3.05) is 6.54 Å². The number of nitrogens with two attached hydrogens (primary N) is 1. The van der Waals surface area contributed by atoms with Crippen molar-refractivity contribution >= 4 is 11.6 Å². The molecular formula is C10H12N4O2. The Hall–Kier alpha value is -1.95. The number of aliphatic carboxylic acids is 1. The highest BCUT2D eigenvalue weighted by molar-refractivity contribution is 5.76. The molecule has 2 aromatic heterocycles. The Balaban J connectivity index is 2.48. The van der Waals surface area contributed by atoms with E-state index in [1.807, 2.05) is 13.0 Å². The van der Waals surface area contributed by atoms with Crippen LogP contribution >= 0.6 is 0 Å². The summed E-state index contributed by atoms with van der Waals surface area (Å²) in [5, 5.41) is 13.1. The molecule has 3 N–H and O–H groups in total. The van der Waals surface area contributed by atoms with Crippen LogP contribution in [-0.4, -0.2) is 32.2 Å². The van der Waals surface area contributed by atoms with Gasteiger partial charge in [-0.1, -0.05) is 0 Å². The van der Waals surface area contributed by atoms with E-state index in [9.17, 15) is 4.79 Å². The minimum absolute atomic E-state index is 0.0444. The Morgan fingerprint density at radius 3 is 3.06 bits per heavy atom. The fraction of sp³-hybridized carbons (Fsp3) is 0.300. The van der Waals surface area contributed by atoms with Crippen LogP contribution in [0.3, 0.4) is 0 Å². The van der Waals surface area contributed by atoms with E-state index in [4.69, 9.17) is 10.8 Å². The van der Waals surface area contributed by atoms with Crippen LogP contribution in [0.1, 0.15) is 17.2 Å². The molecule has 0 saturated heterocycles. The minimum atomic E-state index is -0.951. The molecule has 2 heterocycles. The molecule has 6 nitrogen and oxygen atoms in total. The van der Waals surface area contributed by atoms with Crippen molar-refractivity contribution < 1.29 is 9.90 Å². The van der Waals surface area contributed by atoms with Crippen LogP contribution in [0.4, 0.5) is 0 Å². The highest BCUT2D eigenvalue weighted by Gasteiger charge is 2.19. The summed E-state index contributed by atoms with van der Waals surface area (Å²) >= 11 is 0. The second-order valence-electron chi connectivity index (χ2n) is 3.60. The number of carboxylic acid groups (broad SMARTS) is 1. The second kappa shape index (κ2) is 3.90. The largest absolute Gasteiger partial charge is 0.481 e. The van der Waals surface area contributed by atoms with Crippen LogP contribution in [0.15, 0.2) is 18.5 Å². The SMILES string of the molecule is Cc1cc2ncc(C(CN)C(=O)O)cn2n1. The third-order valence-corrected chi connectivity index (χ3v) is 2.39. The van der Waals surface area contributed by atoms with Gasteiger partial charge in [0.05, 0.1) is 11.6 Å². The standard InChI is InChI=1S/C10H12N4O2/c1-6-2-9-12-4-7(5-14(9)13-6)8(3-11)10(15)16/h2,4-5,8H,3,11H2,1H3,(H,15,16). The summed E-state index contributed by atoms with van der Waals surface area (Å²) in [5.41, 5.74) is 7.51. The van der Waals surface area contributed by atoms with Crippen molar-refractivity contribution in [3.8, 4) is 0 Å². The van der Waals surface area contributed by atoms with Gasteiger partial charge in [-0.15, -0.1) is 0 Å². The van der Waals surface area contributed by atoms with Gasteiger partial charge in [0.15, 0.2) is 5.65 Å². The van der Waals surface area contributed by atoms with Crippen LogP contribution in [0.2, 0.25) is 0 Å². The van der Waals surface area contributed by atoms with Crippen LogP contribution in [-0.2, 0) is 4.79 Å². The fourth-order valence-corrected chi connectivity index (χ4v) is 1.57. The zero-order valence-corrected chi connectivity index (χ0v) is 8.79. The summed E-state index contributed by atoms with van der Waals surface area (Å²) in [6.45, 7) is 1.90. The number of carboxylic acids is 1. The quantitative estimate of drug-likeness (QED) is 0.768. The Kier molecular flexibility index (Phi) is 2.57. The third kappa shape index (κ3) is 1.74. The highest BCUT2D eigenvalue weighted by Crippen LogP contribution is 2.14. The molecule has 0 bridgehead atoms. The van der Waals surface area contributed by atoms with Crippen molar-refractivity contribution in [1.29, 1.82) is 0 Å². The van der Waals surface area contributed by atoms with E-state index in [2.05, 4.69) is 10.1 Å². The maximum absolute atomic E-state index is 10.9. The number of nitrogens with zero attached hydrogens (tertiary/aromatic N) is 3. The number of aromatic nitrogens is 3. The molecule has 2 aromatic rings. The summed E-state index contributed by atoms with van der Waals surface area (Å²) in [6.07, 6.45) is 3.18. The number of carbonyl (C=O) groups is 1. The molecule has 16 heavy (non-hydrogen) atoms. The third-order valence-electron chi connectivity index (χ3n) is 2.39. The van der Waals surface area contributed by atoms with Crippen molar-refractivity contribution in [3.05, 3.63) is 29.7 Å². The van der Waals surface area contributed by atoms with Crippen molar-refractivity contribution in [3.63, 3.8) is 0 Å². The molecule has 0 spiro atoms. The summed E-state index contributed by atoms with van der Waals surface area (Å²) in [6, 6.07) is 1.82. The molecule has 6 heteroatoms. The smallest absolute Gasteiger partial charge is 0.312 e. The summed E-state index contributed by atoms with van der Waals surface area (Å²) in [5.74, 6) is -1.69. The van der Waals surface area contributed by atoms with Crippen LogP contribution < -0.4 is 5.73 Å². The molecule has 0 saturated carbocycles. The summed E-state index contributed by atoms with van der Waals surface area (Å²) < 4.78 is 1.57. The van der Waals surface area contributed by atoms with Gasteiger partial charge in [0.2, 0.25) is 0 Å². The molecule has 1 atom stereocenters. The second-order valence-corrected chi connectivity index (χ2v) is 3.60. The Bertz CT molecular complexity index is 535. The monoisotopic (exact) mass is 220 g/mol. The summed E-state index contributed by atoms with van der Waals surface area (Å²) in [7, 11) is 0. The number of fused-ring (bicyclic) bond motifs is 1. The molecule has 0 fully saturated rings. The lowest BCUT2D eigenvalue weighted by atomic mass is 10.0. The van der Waals surface area contributed by atoms with Gasteiger partial charge in [-0.2, -0.15) is 5.10 Å². The van der Waals surface area contributed by atoms with Gasteiger partial charge < -0.3 is 10.8 Å². The van der Waals surface area contributed by atoms with Gasteiger partial charge >= 0.3 is 5.97 Å². The fourth-order valence-electron chi connectivity index (χ4n) is 1.57. The van der Waals surface area contributed by atoms with Gasteiger partial charge in [0.1, 0.15) is 0 Å². The lowest BCUT2D eigenvalue weighted by molar-refractivity contribution is -0.138. The average Bonchev–Trinajstić information content (AvgIpc) is 2.57. The molecule has 0 aliphatic carbocycles. The molecule has 0 amide bonds. The predicted molar refractivity (Wildman–Crippen MR) is 57.2 cm³/mol. The van der Waals surface area contributed by atoms with Gasteiger partial charge in [-0.05, 0) is 6.92 Å². The number of hydrogen-bond acceptors (Lipinski definition) is 4. The van der Waals surface area contributed by atoms with Gasteiger partial charge in [0.25, 0.3) is 0 Å². The van der Waals surface area contributed by atoms with Crippen LogP contribution in [0.25, 0.3) is 5.65 Å². The molecule has 0 aliphatic heterocycles. The number of aryl methyl sites for hydroxylation is 1. The van der Waals surface area contributed by atoms with Crippen molar-refractivity contribution in [2.45, 2.75) is 12.8 Å². The predicted octanol–water partition coefficient (Wildman–Crippen LogP) is 0.165. The average molecular weight is 220 g/mol. The van der Waals surface area contributed by atoms with E-state index in [1.54, 1.807) is 10.7 Å². The number of hydrogen-bond donors (Lipinski definition) is 2. The van der Waals surface area contributed by atoms with E-state index in [1.165, 1.54) is 6.20 Å². The Labute approximate surface area is 91.7 Å². The molecule has 84 valence electrons. The number of rotatable bonds is 3.